The molecule has 3 atom stereocenters. The van der Waals surface area contributed by atoms with Gasteiger partial charge in [0.25, 0.3) is 0 Å². The van der Waals surface area contributed by atoms with E-state index < -0.39 is 0 Å². The summed E-state index contributed by atoms with van der Waals surface area (Å²) in [5, 5.41) is 0. The normalized spacial score (nSPS) is 29.5. The number of piperazine rings is 1. The third kappa shape index (κ3) is 4.12. The summed E-state index contributed by atoms with van der Waals surface area (Å²) < 4.78 is 0. The van der Waals surface area contributed by atoms with E-state index in [0.717, 1.165) is 51.9 Å². The van der Waals surface area contributed by atoms with Crippen molar-refractivity contribution >= 4 is 5.91 Å². The number of amides is 1. The summed E-state index contributed by atoms with van der Waals surface area (Å²) in [6.07, 6.45) is 4.06. The predicted molar refractivity (Wildman–Crippen MR) is 92.8 cm³/mol. The molecule has 0 aromatic heterocycles. The molecule has 0 spiro atoms. The molecule has 0 radical (unpaired) electrons. The summed E-state index contributed by atoms with van der Waals surface area (Å²) in [4.78, 5) is 17.4. The fourth-order valence-corrected chi connectivity index (χ4v) is 4.03. The van der Waals surface area contributed by atoms with Crippen molar-refractivity contribution in [1.29, 1.82) is 0 Å². The van der Waals surface area contributed by atoms with Gasteiger partial charge in [-0.2, -0.15) is 0 Å². The highest BCUT2D eigenvalue weighted by Crippen LogP contribution is 2.26. The molecule has 3 rings (SSSR count). The van der Waals surface area contributed by atoms with Gasteiger partial charge in [-0.15, -0.1) is 0 Å². The lowest BCUT2D eigenvalue weighted by molar-refractivity contribution is -0.141. The molecule has 1 amide bonds. The molecule has 2 fully saturated rings. The van der Waals surface area contributed by atoms with Crippen LogP contribution in [0.3, 0.4) is 0 Å². The number of carbonyl (C=O) groups excluding carboxylic acids is 1. The monoisotopic (exact) mass is 315 g/mol. The van der Waals surface area contributed by atoms with Gasteiger partial charge in [-0.25, -0.2) is 0 Å². The topological polar surface area (TPSA) is 49.6 Å². The molecule has 4 heteroatoms. The minimum atomic E-state index is 0.155. The number of hydrogen-bond donors (Lipinski definition) is 1. The summed E-state index contributed by atoms with van der Waals surface area (Å²) in [5.41, 5.74) is 7.40. The number of benzene rings is 1. The Kier molecular flexibility index (Phi) is 5.34. The minimum Gasteiger partial charge on any atom is -0.337 e. The zero-order valence-corrected chi connectivity index (χ0v) is 14.2. The van der Waals surface area contributed by atoms with Crippen molar-refractivity contribution in [3.63, 3.8) is 0 Å². The average molecular weight is 315 g/mol. The lowest BCUT2D eigenvalue weighted by atomic mass is 9.85. The van der Waals surface area contributed by atoms with Crippen LogP contribution in [-0.4, -0.2) is 47.4 Å². The van der Waals surface area contributed by atoms with Gasteiger partial charge in [0.15, 0.2) is 0 Å². The second-order valence-corrected chi connectivity index (χ2v) is 7.22. The van der Waals surface area contributed by atoms with Crippen molar-refractivity contribution in [2.24, 2.45) is 11.7 Å². The van der Waals surface area contributed by atoms with E-state index in [4.69, 9.17) is 5.73 Å². The maximum Gasteiger partial charge on any atom is 0.226 e. The smallest absolute Gasteiger partial charge is 0.226 e. The molecule has 1 aliphatic carbocycles. The Labute approximate surface area is 139 Å². The van der Waals surface area contributed by atoms with E-state index in [0.29, 0.717) is 5.91 Å². The van der Waals surface area contributed by atoms with Crippen LogP contribution in [0.15, 0.2) is 30.3 Å². The molecule has 1 saturated carbocycles. The Morgan fingerprint density at radius 3 is 2.70 bits per heavy atom. The molecule has 2 aliphatic rings. The molecule has 1 heterocycles. The Balaban J connectivity index is 1.55. The molecule has 1 aromatic carbocycles. The first-order chi connectivity index (χ1) is 11.1. The molecule has 1 aromatic rings. The summed E-state index contributed by atoms with van der Waals surface area (Å²) >= 11 is 0. The Hall–Kier alpha value is -1.39. The molecule has 126 valence electrons. The molecule has 4 nitrogen and oxygen atoms in total. The van der Waals surface area contributed by atoms with Gasteiger partial charge in [0, 0.05) is 44.2 Å². The van der Waals surface area contributed by atoms with Crippen LogP contribution in [0.4, 0.5) is 0 Å². The van der Waals surface area contributed by atoms with E-state index in [2.05, 4.69) is 47.1 Å². The lowest BCUT2D eigenvalue weighted by Crippen LogP contribution is -2.55. The van der Waals surface area contributed by atoms with Gasteiger partial charge in [0.05, 0.1) is 0 Å². The van der Waals surface area contributed by atoms with E-state index in [1.807, 2.05) is 0 Å². The van der Waals surface area contributed by atoms with Crippen molar-refractivity contribution in [1.82, 2.24) is 9.80 Å². The van der Waals surface area contributed by atoms with Crippen LogP contribution in [0.5, 0.6) is 0 Å². The zero-order chi connectivity index (χ0) is 16.2. The molecule has 3 unspecified atom stereocenters. The highest BCUT2D eigenvalue weighted by atomic mass is 16.2. The summed E-state index contributed by atoms with van der Waals surface area (Å²) in [7, 11) is 0. The number of nitrogens with two attached hydrogens (primary N) is 1. The van der Waals surface area contributed by atoms with Crippen LogP contribution in [0.1, 0.15) is 38.2 Å². The maximum absolute atomic E-state index is 12.8. The molecular weight excluding hydrogens is 286 g/mol. The standard InChI is InChI=1S/C19H29N3O/c1-15-13-21(14-16-6-3-2-4-7-16)10-11-22(15)19(23)17-8-5-9-18(20)12-17/h2-4,6-7,15,17-18H,5,8-14,20H2,1H3. The van der Waals surface area contributed by atoms with Gasteiger partial charge < -0.3 is 10.6 Å². The maximum atomic E-state index is 12.8. The SMILES string of the molecule is CC1CN(Cc2ccccc2)CCN1C(=O)C1CCCC(N)C1. The fourth-order valence-electron chi connectivity index (χ4n) is 4.03. The average Bonchev–Trinajstić information content (AvgIpc) is 2.55. The summed E-state index contributed by atoms with van der Waals surface area (Å²) in [6, 6.07) is 11.1. The molecule has 1 saturated heterocycles. The van der Waals surface area contributed by atoms with Crippen LogP contribution in [0, 0.1) is 5.92 Å². The van der Waals surface area contributed by atoms with Crippen molar-refractivity contribution < 1.29 is 4.79 Å². The van der Waals surface area contributed by atoms with Gasteiger partial charge in [-0.3, -0.25) is 9.69 Å². The number of rotatable bonds is 3. The van der Waals surface area contributed by atoms with Gasteiger partial charge in [0.1, 0.15) is 0 Å². The quantitative estimate of drug-likeness (QED) is 0.930. The van der Waals surface area contributed by atoms with E-state index in [9.17, 15) is 4.79 Å². The van der Waals surface area contributed by atoms with Crippen molar-refractivity contribution in [2.75, 3.05) is 19.6 Å². The fraction of sp³-hybridized carbons (Fsp3) is 0.632. The van der Waals surface area contributed by atoms with Crippen molar-refractivity contribution in [3.8, 4) is 0 Å². The van der Waals surface area contributed by atoms with Crippen LogP contribution < -0.4 is 5.73 Å². The van der Waals surface area contributed by atoms with Crippen LogP contribution in [0.25, 0.3) is 0 Å². The van der Waals surface area contributed by atoms with Gasteiger partial charge >= 0.3 is 0 Å². The first kappa shape index (κ1) is 16.5. The molecule has 23 heavy (non-hydrogen) atoms. The Bertz CT molecular complexity index is 519. The Morgan fingerprint density at radius 2 is 2.00 bits per heavy atom. The number of carbonyl (C=O) groups is 1. The van der Waals surface area contributed by atoms with E-state index in [1.54, 1.807) is 0 Å². The number of nitrogens with zero attached hydrogens (tertiary/aromatic N) is 2. The lowest BCUT2D eigenvalue weighted by Gasteiger charge is -2.42. The van der Waals surface area contributed by atoms with Gasteiger partial charge in [0.2, 0.25) is 5.91 Å². The van der Waals surface area contributed by atoms with Crippen LogP contribution >= 0.6 is 0 Å². The molecule has 0 bridgehead atoms. The second-order valence-electron chi connectivity index (χ2n) is 7.22. The van der Waals surface area contributed by atoms with E-state index >= 15 is 0 Å². The summed E-state index contributed by atoms with van der Waals surface area (Å²) in [5.74, 6) is 0.494. The van der Waals surface area contributed by atoms with E-state index in [-0.39, 0.29) is 18.0 Å². The minimum absolute atomic E-state index is 0.155. The largest absolute Gasteiger partial charge is 0.337 e. The summed E-state index contributed by atoms with van der Waals surface area (Å²) in [6.45, 7) is 5.92. The predicted octanol–water partition coefficient (Wildman–Crippen LogP) is 2.24. The van der Waals surface area contributed by atoms with Crippen LogP contribution in [-0.2, 0) is 11.3 Å². The third-order valence-corrected chi connectivity index (χ3v) is 5.31. The van der Waals surface area contributed by atoms with Gasteiger partial charge in [-0.05, 0) is 31.7 Å². The first-order valence-electron chi connectivity index (χ1n) is 8.96. The molecule has 1 aliphatic heterocycles. The van der Waals surface area contributed by atoms with E-state index in [1.165, 1.54) is 5.56 Å². The Morgan fingerprint density at radius 1 is 1.22 bits per heavy atom. The molecule has 2 N–H and O–H groups in total. The molecular formula is C19H29N3O. The van der Waals surface area contributed by atoms with Crippen molar-refractivity contribution in [2.45, 2.75) is 51.2 Å². The second kappa shape index (κ2) is 7.45. The highest BCUT2D eigenvalue weighted by Gasteiger charge is 2.33. The van der Waals surface area contributed by atoms with Gasteiger partial charge in [-0.1, -0.05) is 36.8 Å². The third-order valence-electron chi connectivity index (χ3n) is 5.31. The highest BCUT2D eigenvalue weighted by molar-refractivity contribution is 5.79. The zero-order valence-electron chi connectivity index (χ0n) is 14.2. The number of hydrogen-bond acceptors (Lipinski definition) is 3. The van der Waals surface area contributed by atoms with Crippen molar-refractivity contribution in [3.05, 3.63) is 35.9 Å². The first-order valence-corrected chi connectivity index (χ1v) is 8.96. The van der Waals surface area contributed by atoms with Crippen LogP contribution in [0.2, 0.25) is 0 Å².